The molecule has 5 nitrogen and oxygen atoms in total. The lowest BCUT2D eigenvalue weighted by Crippen LogP contribution is -2.51. The molecule has 0 bridgehead atoms. The molecule has 0 unspecified atom stereocenters. The molecule has 144 valence electrons. The van der Waals surface area contributed by atoms with Crippen LogP contribution in [0.1, 0.15) is 49.5 Å². The van der Waals surface area contributed by atoms with Crippen LogP contribution in [0.2, 0.25) is 0 Å². The second-order valence-corrected chi connectivity index (χ2v) is 8.07. The van der Waals surface area contributed by atoms with Gasteiger partial charge in [-0.05, 0) is 50.3 Å². The first-order valence-electron chi connectivity index (χ1n) is 9.95. The van der Waals surface area contributed by atoms with Gasteiger partial charge in [-0.1, -0.05) is 19.1 Å². The Labute approximate surface area is 157 Å². The quantitative estimate of drug-likeness (QED) is 0.897. The second kappa shape index (κ2) is 8.51. The average Bonchev–Trinajstić information content (AvgIpc) is 2.60. The van der Waals surface area contributed by atoms with Gasteiger partial charge in [0.25, 0.3) is 5.91 Å². The minimum atomic E-state index is 0.118. The molecule has 1 aromatic rings. The zero-order valence-electron chi connectivity index (χ0n) is 16.4. The molecule has 0 aliphatic carbocycles. The molecule has 1 amide bonds. The summed E-state index contributed by atoms with van der Waals surface area (Å²) >= 11 is 0. The predicted molar refractivity (Wildman–Crippen MR) is 104 cm³/mol. The van der Waals surface area contributed by atoms with E-state index in [4.69, 9.17) is 10.5 Å². The van der Waals surface area contributed by atoms with Gasteiger partial charge in [0, 0.05) is 44.3 Å². The van der Waals surface area contributed by atoms with Gasteiger partial charge in [0.15, 0.2) is 0 Å². The van der Waals surface area contributed by atoms with Gasteiger partial charge in [-0.25, -0.2) is 0 Å². The van der Waals surface area contributed by atoms with Crippen molar-refractivity contribution in [3.05, 3.63) is 35.4 Å². The predicted octanol–water partition coefficient (Wildman–Crippen LogP) is 2.50. The van der Waals surface area contributed by atoms with E-state index in [9.17, 15) is 4.79 Å². The molecule has 2 aliphatic rings. The van der Waals surface area contributed by atoms with E-state index >= 15 is 0 Å². The van der Waals surface area contributed by atoms with Crippen LogP contribution in [-0.2, 0) is 11.3 Å². The Hall–Kier alpha value is -1.43. The molecule has 5 heteroatoms. The van der Waals surface area contributed by atoms with Gasteiger partial charge < -0.3 is 15.4 Å². The number of rotatable bonds is 4. The molecular weight excluding hydrogens is 326 g/mol. The third kappa shape index (κ3) is 4.45. The number of carbonyl (C=O) groups excluding carboxylic acids is 1. The number of nitrogens with two attached hydrogens (primary N) is 1. The summed E-state index contributed by atoms with van der Waals surface area (Å²) in [5.74, 6) is 0.592. The molecule has 26 heavy (non-hydrogen) atoms. The van der Waals surface area contributed by atoms with Gasteiger partial charge in [0.05, 0.1) is 12.2 Å². The fourth-order valence-electron chi connectivity index (χ4n) is 4.45. The Bertz CT molecular complexity index is 594. The molecule has 1 aromatic carbocycles. The summed E-state index contributed by atoms with van der Waals surface area (Å²) in [4.78, 5) is 17.3. The Morgan fingerprint density at radius 1 is 1.15 bits per heavy atom. The van der Waals surface area contributed by atoms with Crippen molar-refractivity contribution in [2.75, 3.05) is 26.2 Å². The summed E-state index contributed by atoms with van der Waals surface area (Å²) in [6.07, 6.45) is 2.76. The third-order valence-corrected chi connectivity index (χ3v) is 5.72. The third-order valence-electron chi connectivity index (χ3n) is 5.72. The largest absolute Gasteiger partial charge is 0.373 e. The highest BCUT2D eigenvalue weighted by molar-refractivity contribution is 5.94. The van der Waals surface area contributed by atoms with Crippen LogP contribution in [0.5, 0.6) is 0 Å². The summed E-state index contributed by atoms with van der Waals surface area (Å²) in [6, 6.07) is 8.27. The molecule has 0 saturated carbocycles. The van der Waals surface area contributed by atoms with Crippen molar-refractivity contribution >= 4 is 5.91 Å². The Kier molecular flexibility index (Phi) is 6.33. The summed E-state index contributed by atoms with van der Waals surface area (Å²) in [5, 5.41) is 0. The minimum absolute atomic E-state index is 0.118. The van der Waals surface area contributed by atoms with Gasteiger partial charge in [-0.2, -0.15) is 0 Å². The van der Waals surface area contributed by atoms with E-state index in [0.29, 0.717) is 12.5 Å². The Balaban J connectivity index is 1.64. The standard InChI is InChI=1S/C21H33N3O2/c1-15-5-4-10-24(20(15)11-22)21(25)19-8-6-18(7-9-19)14-23-12-16(2)26-17(3)13-23/h6-9,15-17,20H,4-5,10-14,22H2,1-3H3/t15-,16+,17+,20-/m0/s1. The van der Waals surface area contributed by atoms with E-state index in [1.807, 2.05) is 17.0 Å². The van der Waals surface area contributed by atoms with Crippen LogP contribution in [0.25, 0.3) is 0 Å². The number of carbonyl (C=O) groups is 1. The van der Waals surface area contributed by atoms with E-state index < -0.39 is 0 Å². The van der Waals surface area contributed by atoms with Gasteiger partial charge in [0.2, 0.25) is 0 Å². The van der Waals surface area contributed by atoms with Crippen LogP contribution in [0, 0.1) is 5.92 Å². The molecule has 2 heterocycles. The van der Waals surface area contributed by atoms with E-state index in [-0.39, 0.29) is 24.2 Å². The number of ether oxygens (including phenoxy) is 1. The smallest absolute Gasteiger partial charge is 0.254 e. The molecule has 0 radical (unpaired) electrons. The first kappa shape index (κ1) is 19.3. The van der Waals surface area contributed by atoms with Crippen molar-refractivity contribution < 1.29 is 9.53 Å². The lowest BCUT2D eigenvalue weighted by Gasteiger charge is -2.39. The monoisotopic (exact) mass is 359 g/mol. The number of hydrogen-bond acceptors (Lipinski definition) is 4. The highest BCUT2D eigenvalue weighted by Gasteiger charge is 2.31. The van der Waals surface area contributed by atoms with Crippen molar-refractivity contribution in [3.8, 4) is 0 Å². The van der Waals surface area contributed by atoms with Crippen LogP contribution in [-0.4, -0.2) is 60.1 Å². The lowest BCUT2D eigenvalue weighted by molar-refractivity contribution is -0.0704. The topological polar surface area (TPSA) is 58.8 Å². The van der Waals surface area contributed by atoms with Crippen LogP contribution in [0.15, 0.2) is 24.3 Å². The summed E-state index contributed by atoms with van der Waals surface area (Å²) in [7, 11) is 0. The minimum Gasteiger partial charge on any atom is -0.373 e. The SMILES string of the molecule is C[C@@H]1CN(Cc2ccc(C(=O)N3CCC[C@H](C)[C@@H]3CN)cc2)C[C@@H](C)O1. The Morgan fingerprint density at radius 3 is 2.42 bits per heavy atom. The first-order valence-corrected chi connectivity index (χ1v) is 9.95. The maximum atomic E-state index is 12.9. The number of likely N-dealkylation sites (tertiary alicyclic amines) is 1. The maximum Gasteiger partial charge on any atom is 0.254 e. The average molecular weight is 360 g/mol. The first-order chi connectivity index (χ1) is 12.5. The second-order valence-electron chi connectivity index (χ2n) is 8.07. The number of piperidine rings is 1. The molecule has 2 N–H and O–H groups in total. The number of nitrogens with zero attached hydrogens (tertiary/aromatic N) is 2. The molecule has 0 aromatic heterocycles. The normalized spacial score (nSPS) is 30.4. The van der Waals surface area contributed by atoms with Crippen molar-refractivity contribution in [2.24, 2.45) is 11.7 Å². The van der Waals surface area contributed by atoms with Crippen molar-refractivity contribution in [1.29, 1.82) is 0 Å². The molecule has 2 saturated heterocycles. The number of amides is 1. The molecule has 2 aliphatic heterocycles. The van der Waals surface area contributed by atoms with Crippen LogP contribution in [0.3, 0.4) is 0 Å². The van der Waals surface area contributed by atoms with Crippen LogP contribution >= 0.6 is 0 Å². The maximum absolute atomic E-state index is 12.9. The fourth-order valence-corrected chi connectivity index (χ4v) is 4.45. The summed E-state index contributed by atoms with van der Waals surface area (Å²) < 4.78 is 5.80. The zero-order chi connectivity index (χ0) is 18.7. The Morgan fingerprint density at radius 2 is 1.81 bits per heavy atom. The van der Waals surface area contributed by atoms with Crippen LogP contribution in [0.4, 0.5) is 0 Å². The number of hydrogen-bond donors (Lipinski definition) is 1. The highest BCUT2D eigenvalue weighted by Crippen LogP contribution is 2.24. The highest BCUT2D eigenvalue weighted by atomic mass is 16.5. The van der Waals surface area contributed by atoms with Crippen LogP contribution < -0.4 is 5.73 Å². The zero-order valence-corrected chi connectivity index (χ0v) is 16.4. The van der Waals surface area contributed by atoms with Crippen molar-refractivity contribution in [1.82, 2.24) is 9.80 Å². The summed E-state index contributed by atoms with van der Waals surface area (Å²) in [5.41, 5.74) is 7.95. The molecule has 4 atom stereocenters. The van der Waals surface area contributed by atoms with E-state index in [1.54, 1.807) is 0 Å². The van der Waals surface area contributed by atoms with Gasteiger partial charge in [0.1, 0.15) is 0 Å². The number of morpholine rings is 1. The van der Waals surface area contributed by atoms with E-state index in [0.717, 1.165) is 44.6 Å². The van der Waals surface area contributed by atoms with E-state index in [1.165, 1.54) is 5.56 Å². The number of benzene rings is 1. The molecule has 0 spiro atoms. The fraction of sp³-hybridized carbons (Fsp3) is 0.667. The van der Waals surface area contributed by atoms with Crippen molar-refractivity contribution in [2.45, 2.75) is 58.4 Å². The van der Waals surface area contributed by atoms with Gasteiger partial charge in [-0.15, -0.1) is 0 Å². The molecule has 2 fully saturated rings. The lowest BCUT2D eigenvalue weighted by atomic mass is 9.90. The van der Waals surface area contributed by atoms with Gasteiger partial charge in [-0.3, -0.25) is 9.69 Å². The van der Waals surface area contributed by atoms with Crippen molar-refractivity contribution in [3.63, 3.8) is 0 Å². The van der Waals surface area contributed by atoms with E-state index in [2.05, 4.69) is 37.8 Å². The molecular formula is C21H33N3O2. The summed E-state index contributed by atoms with van der Waals surface area (Å²) in [6.45, 7) is 10.6. The molecule has 3 rings (SSSR count). The van der Waals surface area contributed by atoms with Gasteiger partial charge >= 0.3 is 0 Å².